The van der Waals surface area contributed by atoms with Crippen LogP contribution >= 0.6 is 22.9 Å². The molecular formula is C35H36ClF2N3O7S2. The van der Waals surface area contributed by atoms with Gasteiger partial charge in [-0.3, -0.25) is 4.90 Å². The van der Waals surface area contributed by atoms with E-state index in [0.29, 0.717) is 41.2 Å². The first-order chi connectivity index (χ1) is 23.7. The van der Waals surface area contributed by atoms with E-state index in [9.17, 15) is 17.6 Å². The first-order valence-corrected chi connectivity index (χ1v) is 18.1. The van der Waals surface area contributed by atoms with Crippen molar-refractivity contribution in [3.63, 3.8) is 0 Å². The molecule has 1 amide bonds. The second kappa shape index (κ2) is 15.2. The van der Waals surface area contributed by atoms with Crippen LogP contribution in [0, 0.1) is 11.6 Å². The lowest BCUT2D eigenvalue weighted by Crippen LogP contribution is -2.48. The summed E-state index contributed by atoms with van der Waals surface area (Å²) in [5, 5.41) is 1.51. The van der Waals surface area contributed by atoms with Crippen molar-refractivity contribution in [3.8, 4) is 17.2 Å². The number of carbonyl (C=O) groups is 1. The van der Waals surface area contributed by atoms with Crippen LogP contribution in [-0.4, -0.2) is 63.4 Å². The highest BCUT2D eigenvalue weighted by Crippen LogP contribution is 2.37. The number of aromatic nitrogens is 1. The van der Waals surface area contributed by atoms with Gasteiger partial charge in [0.15, 0.2) is 5.13 Å². The third-order valence-electron chi connectivity index (χ3n) is 7.67. The third-order valence-corrected chi connectivity index (χ3v) is 10.6. The van der Waals surface area contributed by atoms with Crippen molar-refractivity contribution < 1.29 is 40.9 Å². The molecule has 0 aliphatic carbocycles. The van der Waals surface area contributed by atoms with E-state index in [1.165, 1.54) is 37.4 Å². The zero-order valence-electron chi connectivity index (χ0n) is 28.0. The van der Waals surface area contributed by atoms with E-state index >= 15 is 4.39 Å². The molecule has 15 heteroatoms. The summed E-state index contributed by atoms with van der Waals surface area (Å²) in [4.78, 5) is 18.3. The highest BCUT2D eigenvalue weighted by Gasteiger charge is 2.35. The Hall–Kier alpha value is -4.40. The van der Waals surface area contributed by atoms with Crippen molar-refractivity contribution >= 4 is 49.8 Å². The van der Waals surface area contributed by atoms with Gasteiger partial charge in [-0.15, -0.1) is 11.3 Å². The molecule has 10 nitrogen and oxygen atoms in total. The highest BCUT2D eigenvalue weighted by molar-refractivity contribution is 7.93. The number of amides is 1. The molecule has 0 saturated heterocycles. The number of carbonyl (C=O) groups excluding carboxylic acids is 1. The molecule has 2 heterocycles. The molecule has 0 spiro atoms. The van der Waals surface area contributed by atoms with Crippen LogP contribution in [0.1, 0.15) is 38.3 Å². The second-order valence-corrected chi connectivity index (χ2v) is 15.3. The summed E-state index contributed by atoms with van der Waals surface area (Å²) in [6, 6.07) is 11.9. The Morgan fingerprint density at radius 2 is 1.80 bits per heavy atom. The maximum absolute atomic E-state index is 15.9. The largest absolute Gasteiger partial charge is 0.497 e. The Kier molecular flexibility index (Phi) is 11.2. The van der Waals surface area contributed by atoms with Gasteiger partial charge < -0.3 is 18.9 Å². The predicted molar refractivity (Wildman–Crippen MR) is 188 cm³/mol. The Bertz CT molecular complexity index is 1970. The number of anilines is 1. The smallest absolute Gasteiger partial charge is 0.410 e. The number of nitrogens with zero attached hydrogens (tertiary/aromatic N) is 3. The number of halogens is 3. The monoisotopic (exact) mass is 747 g/mol. The molecule has 1 aromatic heterocycles. The van der Waals surface area contributed by atoms with Gasteiger partial charge in [0.05, 0.1) is 31.8 Å². The van der Waals surface area contributed by atoms with Gasteiger partial charge in [0.1, 0.15) is 46.0 Å². The van der Waals surface area contributed by atoms with Crippen LogP contribution in [-0.2, 0) is 21.3 Å². The molecule has 1 aliphatic rings. The van der Waals surface area contributed by atoms with Crippen LogP contribution < -0.4 is 18.5 Å². The third kappa shape index (κ3) is 8.31. The number of thiazole rings is 1. The average molecular weight is 748 g/mol. The number of hydrogen-bond donors (Lipinski definition) is 0. The van der Waals surface area contributed by atoms with Crippen molar-refractivity contribution in [2.45, 2.75) is 50.3 Å². The predicted octanol–water partition coefficient (Wildman–Crippen LogP) is 7.96. The van der Waals surface area contributed by atoms with E-state index in [0.717, 1.165) is 27.8 Å². The molecule has 1 unspecified atom stereocenters. The zero-order chi connectivity index (χ0) is 36.2. The summed E-state index contributed by atoms with van der Waals surface area (Å²) in [6.07, 6.45) is 3.27. The van der Waals surface area contributed by atoms with Crippen LogP contribution in [0.2, 0.25) is 5.02 Å². The lowest BCUT2D eigenvalue weighted by molar-refractivity contribution is 0.0162. The fourth-order valence-corrected chi connectivity index (χ4v) is 7.95. The summed E-state index contributed by atoms with van der Waals surface area (Å²) >= 11 is 7.63. The maximum atomic E-state index is 15.9. The van der Waals surface area contributed by atoms with Crippen LogP contribution in [0.5, 0.6) is 17.2 Å². The molecule has 0 saturated carbocycles. The number of benzene rings is 3. The maximum Gasteiger partial charge on any atom is 0.410 e. The van der Waals surface area contributed by atoms with Crippen molar-refractivity contribution in [2.75, 3.05) is 31.7 Å². The second-order valence-electron chi connectivity index (χ2n) is 12.2. The number of sulfonamides is 1. The topological polar surface area (TPSA) is 108 Å². The molecule has 3 aromatic carbocycles. The SMILES string of the molecule is COc1ccc(CN(c2nccs2)S(=O)(=O)c2cc(Cl)c(OCC3C(c4ccc(F)cc4)=CCCN3C(=O)OC(C)(C)C)cc2F)c(OC)c1. The van der Waals surface area contributed by atoms with Gasteiger partial charge in [-0.2, -0.15) is 0 Å². The van der Waals surface area contributed by atoms with Crippen molar-refractivity contribution in [3.05, 3.63) is 100 Å². The average Bonchev–Trinajstić information content (AvgIpc) is 3.61. The van der Waals surface area contributed by atoms with Gasteiger partial charge >= 0.3 is 6.09 Å². The van der Waals surface area contributed by atoms with E-state index in [2.05, 4.69) is 4.98 Å². The first-order valence-electron chi connectivity index (χ1n) is 15.4. The lowest BCUT2D eigenvalue weighted by Gasteiger charge is -2.37. The Labute approximate surface area is 298 Å². The highest BCUT2D eigenvalue weighted by atomic mass is 35.5. The molecule has 0 radical (unpaired) electrons. The van der Waals surface area contributed by atoms with Crippen molar-refractivity contribution in [2.24, 2.45) is 0 Å². The molecule has 5 rings (SSSR count). The number of hydrogen-bond acceptors (Lipinski definition) is 9. The van der Waals surface area contributed by atoms with Gasteiger partial charge in [-0.05, 0) is 68.7 Å². The lowest BCUT2D eigenvalue weighted by atomic mass is 9.93. The molecule has 1 atom stereocenters. The molecule has 0 bridgehead atoms. The summed E-state index contributed by atoms with van der Waals surface area (Å²) < 4.78 is 81.2. The number of rotatable bonds is 11. The standard InChI is InChI=1S/C35H36ClF2N3O7S2/c1-35(2,3)48-34(42)40-15-6-7-26(22-8-11-24(37)12-9-22)29(40)21-47-31-19-28(38)32(18-27(31)36)50(43,44)41(33-39-14-16-49-33)20-23-10-13-25(45-4)17-30(23)46-5/h7-14,16-19,29H,6,15,20-21H2,1-5H3. The fraction of sp³-hybridized carbons (Fsp3) is 0.314. The van der Waals surface area contributed by atoms with E-state index in [-0.39, 0.29) is 29.1 Å². The quantitative estimate of drug-likeness (QED) is 0.152. The van der Waals surface area contributed by atoms with Crippen molar-refractivity contribution in [1.82, 2.24) is 9.88 Å². The van der Waals surface area contributed by atoms with E-state index in [4.69, 9.17) is 30.5 Å². The molecule has 266 valence electrons. The number of methoxy groups -OCH3 is 2. The Balaban J connectivity index is 1.45. The minimum atomic E-state index is -4.58. The van der Waals surface area contributed by atoms with E-state index < -0.39 is 44.3 Å². The van der Waals surface area contributed by atoms with Crippen LogP contribution in [0.4, 0.5) is 18.7 Å². The molecule has 0 N–H and O–H groups in total. The van der Waals surface area contributed by atoms with Crippen LogP contribution in [0.15, 0.2) is 77.1 Å². The molecule has 50 heavy (non-hydrogen) atoms. The van der Waals surface area contributed by atoms with E-state index in [1.54, 1.807) is 56.5 Å². The van der Waals surface area contributed by atoms with Gasteiger partial charge in [-0.25, -0.2) is 31.3 Å². The zero-order valence-corrected chi connectivity index (χ0v) is 30.4. The van der Waals surface area contributed by atoms with E-state index in [1.807, 2.05) is 6.08 Å². The summed E-state index contributed by atoms with van der Waals surface area (Å²) in [5.41, 5.74) is 1.03. The summed E-state index contributed by atoms with van der Waals surface area (Å²) in [7, 11) is -1.65. The Morgan fingerprint density at radius 3 is 2.44 bits per heavy atom. The summed E-state index contributed by atoms with van der Waals surface area (Å²) in [5.74, 6) is -0.815. The first kappa shape index (κ1) is 36.9. The molecule has 0 fully saturated rings. The van der Waals surface area contributed by atoms with Gasteiger partial charge in [0, 0.05) is 35.8 Å². The van der Waals surface area contributed by atoms with Crippen molar-refractivity contribution in [1.29, 1.82) is 0 Å². The van der Waals surface area contributed by atoms with Crippen LogP contribution in [0.3, 0.4) is 0 Å². The minimum Gasteiger partial charge on any atom is -0.497 e. The van der Waals surface area contributed by atoms with Gasteiger partial charge in [0.25, 0.3) is 10.0 Å². The molecular weight excluding hydrogens is 712 g/mol. The Morgan fingerprint density at radius 1 is 1.06 bits per heavy atom. The summed E-state index contributed by atoms with van der Waals surface area (Å²) in [6.45, 7) is 5.11. The van der Waals surface area contributed by atoms with Gasteiger partial charge in [0.2, 0.25) is 0 Å². The van der Waals surface area contributed by atoms with Gasteiger partial charge in [-0.1, -0.05) is 29.8 Å². The normalized spacial score (nSPS) is 14.9. The fourth-order valence-electron chi connectivity index (χ4n) is 5.33. The minimum absolute atomic E-state index is 0.0957. The number of ether oxygens (including phenoxy) is 4. The molecule has 1 aliphatic heterocycles. The van der Waals surface area contributed by atoms with Crippen LogP contribution in [0.25, 0.3) is 5.57 Å². The molecule has 4 aromatic rings.